The van der Waals surface area contributed by atoms with Crippen LogP contribution in [0, 0.1) is 0 Å². The molecule has 4 rings (SSSR count). The van der Waals surface area contributed by atoms with E-state index in [4.69, 9.17) is 11.6 Å². The normalized spacial score (nSPS) is 20.7. The van der Waals surface area contributed by atoms with Gasteiger partial charge in [-0.2, -0.15) is 0 Å². The Kier molecular flexibility index (Phi) is 3.93. The van der Waals surface area contributed by atoms with Crippen molar-refractivity contribution in [2.45, 2.75) is 25.4 Å². The number of halogens is 1. The quantitative estimate of drug-likeness (QED) is 0.778. The van der Waals surface area contributed by atoms with Crippen molar-refractivity contribution in [3.8, 4) is 0 Å². The molecule has 1 aromatic carbocycles. The van der Waals surface area contributed by atoms with Crippen molar-refractivity contribution in [1.82, 2.24) is 10.3 Å². The van der Waals surface area contributed by atoms with Gasteiger partial charge in [-0.3, -0.25) is 4.98 Å². The molecule has 0 bridgehead atoms. The molecule has 0 spiro atoms. The second-order valence-corrected chi connectivity index (χ2v) is 6.63. The summed E-state index contributed by atoms with van der Waals surface area (Å²) in [5, 5.41) is 14.8. The molecule has 1 aliphatic heterocycles. The van der Waals surface area contributed by atoms with Gasteiger partial charge >= 0.3 is 0 Å². The van der Waals surface area contributed by atoms with Crippen molar-refractivity contribution < 1.29 is 5.11 Å². The Balaban J connectivity index is 2.01. The summed E-state index contributed by atoms with van der Waals surface area (Å²) in [5.41, 5.74) is 6.73. The minimum atomic E-state index is -0.550. The van der Waals surface area contributed by atoms with E-state index in [2.05, 4.69) is 16.4 Å². The van der Waals surface area contributed by atoms with E-state index in [0.29, 0.717) is 11.4 Å². The van der Waals surface area contributed by atoms with E-state index in [1.807, 2.05) is 30.5 Å². The Hall–Kier alpha value is -1.68. The molecule has 2 aromatic rings. The van der Waals surface area contributed by atoms with Crippen molar-refractivity contribution in [2.24, 2.45) is 0 Å². The number of fused-ring (bicyclic) bond motifs is 2. The van der Waals surface area contributed by atoms with Gasteiger partial charge in [-0.25, -0.2) is 0 Å². The molecule has 2 N–H and O–H groups in total. The maximum atomic E-state index is 10.7. The number of aliphatic hydroxyl groups is 1. The third kappa shape index (κ3) is 2.69. The van der Waals surface area contributed by atoms with Gasteiger partial charge in [0.15, 0.2) is 0 Å². The number of aromatic nitrogens is 1. The van der Waals surface area contributed by atoms with Gasteiger partial charge in [-0.15, -0.1) is 0 Å². The fourth-order valence-corrected chi connectivity index (χ4v) is 3.83. The zero-order valence-corrected chi connectivity index (χ0v) is 13.6. The lowest BCUT2D eigenvalue weighted by Crippen LogP contribution is -2.24. The third-order valence-electron chi connectivity index (χ3n) is 4.74. The van der Waals surface area contributed by atoms with Gasteiger partial charge in [0.25, 0.3) is 0 Å². The lowest BCUT2D eigenvalue weighted by atomic mass is 9.89. The van der Waals surface area contributed by atoms with E-state index in [1.54, 1.807) is 0 Å². The minimum absolute atomic E-state index is 0.550. The van der Waals surface area contributed by atoms with Crippen LogP contribution in [0.5, 0.6) is 0 Å². The summed E-state index contributed by atoms with van der Waals surface area (Å²) in [6, 6.07) is 9.85. The number of piperidine rings is 1. The van der Waals surface area contributed by atoms with Crippen LogP contribution in [-0.4, -0.2) is 23.2 Å². The van der Waals surface area contributed by atoms with Crippen LogP contribution in [0.3, 0.4) is 0 Å². The van der Waals surface area contributed by atoms with E-state index in [-0.39, 0.29) is 0 Å². The first-order chi connectivity index (χ1) is 11.2. The zero-order valence-electron chi connectivity index (χ0n) is 12.8. The average molecular weight is 327 g/mol. The third-order valence-corrected chi connectivity index (χ3v) is 4.98. The van der Waals surface area contributed by atoms with Crippen LogP contribution in [0.25, 0.3) is 5.57 Å². The molecule has 1 fully saturated rings. The van der Waals surface area contributed by atoms with E-state index < -0.39 is 6.10 Å². The molecule has 2 aliphatic rings. The minimum Gasteiger partial charge on any atom is -0.388 e. The Bertz CT molecular complexity index is 777. The molecular weight excluding hydrogens is 308 g/mol. The van der Waals surface area contributed by atoms with Gasteiger partial charge < -0.3 is 10.4 Å². The molecule has 1 saturated heterocycles. The molecule has 0 saturated carbocycles. The molecule has 0 amide bonds. The molecule has 3 nitrogen and oxygen atoms in total. The lowest BCUT2D eigenvalue weighted by Gasteiger charge is -2.22. The van der Waals surface area contributed by atoms with Crippen LogP contribution in [0.1, 0.15) is 41.3 Å². The van der Waals surface area contributed by atoms with Crippen LogP contribution < -0.4 is 5.32 Å². The van der Waals surface area contributed by atoms with Crippen LogP contribution in [0.2, 0.25) is 5.02 Å². The molecule has 1 atom stereocenters. The fraction of sp³-hybridized carbons (Fsp3) is 0.316. The van der Waals surface area contributed by atoms with Crippen LogP contribution in [0.4, 0.5) is 0 Å². The second kappa shape index (κ2) is 6.08. The standard InChI is InChI=1S/C19H19ClN2O/c20-14-3-4-15-16(11-14)17(23)10-13-2-1-7-22-19(13)18(15)12-5-8-21-9-6-12/h1-4,7,11,17,21,23H,5-6,8-10H2/t17-/m0/s1. The summed E-state index contributed by atoms with van der Waals surface area (Å²) in [4.78, 5) is 4.67. The summed E-state index contributed by atoms with van der Waals surface area (Å²) < 4.78 is 0. The van der Waals surface area contributed by atoms with Gasteiger partial charge in [0, 0.05) is 23.2 Å². The van der Waals surface area contributed by atoms with Gasteiger partial charge in [0.2, 0.25) is 0 Å². The maximum Gasteiger partial charge on any atom is 0.0837 e. The first kappa shape index (κ1) is 14.9. The zero-order chi connectivity index (χ0) is 15.8. The average Bonchev–Trinajstić information content (AvgIpc) is 2.70. The Morgan fingerprint density at radius 2 is 2.00 bits per heavy atom. The number of pyridine rings is 1. The largest absolute Gasteiger partial charge is 0.388 e. The second-order valence-electron chi connectivity index (χ2n) is 6.19. The van der Waals surface area contributed by atoms with E-state index in [9.17, 15) is 5.11 Å². The number of benzene rings is 1. The number of aliphatic hydroxyl groups excluding tert-OH is 1. The molecule has 0 radical (unpaired) electrons. The lowest BCUT2D eigenvalue weighted by molar-refractivity contribution is 0.178. The predicted octanol–water partition coefficient (Wildman–Crippen LogP) is 3.51. The number of hydrogen-bond donors (Lipinski definition) is 2. The predicted molar refractivity (Wildman–Crippen MR) is 92.5 cm³/mol. The van der Waals surface area contributed by atoms with Gasteiger partial charge in [0.1, 0.15) is 0 Å². The van der Waals surface area contributed by atoms with Crippen LogP contribution in [0.15, 0.2) is 42.1 Å². The van der Waals surface area contributed by atoms with E-state index in [1.165, 1.54) is 11.1 Å². The molecule has 0 unspecified atom stereocenters. The van der Waals surface area contributed by atoms with Crippen molar-refractivity contribution in [1.29, 1.82) is 0 Å². The first-order valence-corrected chi connectivity index (χ1v) is 8.47. The summed E-state index contributed by atoms with van der Waals surface area (Å²) in [6.45, 7) is 1.99. The summed E-state index contributed by atoms with van der Waals surface area (Å²) in [6.07, 6.45) is 3.90. The highest BCUT2D eigenvalue weighted by Gasteiger charge is 2.27. The van der Waals surface area contributed by atoms with Gasteiger partial charge in [-0.05, 0) is 60.8 Å². The fourth-order valence-electron chi connectivity index (χ4n) is 3.65. The highest BCUT2D eigenvalue weighted by molar-refractivity contribution is 6.30. The summed E-state index contributed by atoms with van der Waals surface area (Å²) in [7, 11) is 0. The molecule has 4 heteroatoms. The van der Waals surface area contributed by atoms with Crippen molar-refractivity contribution >= 4 is 17.2 Å². The van der Waals surface area contributed by atoms with Gasteiger partial charge in [0.05, 0.1) is 11.8 Å². The molecule has 1 aromatic heterocycles. The molecule has 2 heterocycles. The number of nitrogens with one attached hydrogen (secondary N) is 1. The molecule has 23 heavy (non-hydrogen) atoms. The van der Waals surface area contributed by atoms with E-state index in [0.717, 1.165) is 48.3 Å². The van der Waals surface area contributed by atoms with Crippen molar-refractivity contribution in [3.05, 3.63) is 69.5 Å². The molecule has 1 aliphatic carbocycles. The number of hydrogen-bond acceptors (Lipinski definition) is 3. The highest BCUT2D eigenvalue weighted by Crippen LogP contribution is 2.40. The maximum absolute atomic E-state index is 10.7. The SMILES string of the molecule is O[C@H]1Cc2cccnc2C(=C2CCNCC2)c2ccc(Cl)cc21. The van der Waals surface area contributed by atoms with E-state index >= 15 is 0 Å². The van der Waals surface area contributed by atoms with Crippen LogP contribution >= 0.6 is 11.6 Å². The Morgan fingerprint density at radius 1 is 1.17 bits per heavy atom. The Morgan fingerprint density at radius 3 is 2.83 bits per heavy atom. The summed E-state index contributed by atoms with van der Waals surface area (Å²) in [5.74, 6) is 0. The molecule has 118 valence electrons. The molecular formula is C19H19ClN2O. The number of rotatable bonds is 0. The monoisotopic (exact) mass is 326 g/mol. The first-order valence-electron chi connectivity index (χ1n) is 8.09. The van der Waals surface area contributed by atoms with Crippen molar-refractivity contribution in [2.75, 3.05) is 13.1 Å². The van der Waals surface area contributed by atoms with Crippen molar-refractivity contribution in [3.63, 3.8) is 0 Å². The van der Waals surface area contributed by atoms with Gasteiger partial charge in [-0.1, -0.05) is 29.3 Å². The van der Waals surface area contributed by atoms with Crippen LogP contribution in [-0.2, 0) is 6.42 Å². The topological polar surface area (TPSA) is 45.2 Å². The summed E-state index contributed by atoms with van der Waals surface area (Å²) >= 11 is 6.19. The number of nitrogens with zero attached hydrogens (tertiary/aromatic N) is 1. The Labute approximate surface area is 141 Å². The smallest absolute Gasteiger partial charge is 0.0837 e. The highest BCUT2D eigenvalue weighted by atomic mass is 35.5.